The lowest BCUT2D eigenvalue weighted by atomic mass is 9.59. The highest BCUT2D eigenvalue weighted by Gasteiger charge is 2.55. The van der Waals surface area contributed by atoms with Crippen LogP contribution in [-0.2, 0) is 11.3 Å². The van der Waals surface area contributed by atoms with E-state index in [4.69, 9.17) is 14.2 Å². The van der Waals surface area contributed by atoms with Gasteiger partial charge in [-0.05, 0) is 90.1 Å². The maximum atomic E-state index is 12.7. The van der Waals surface area contributed by atoms with Crippen molar-refractivity contribution in [3.63, 3.8) is 0 Å². The zero-order chi connectivity index (χ0) is 37.0. The van der Waals surface area contributed by atoms with E-state index in [0.717, 1.165) is 61.7 Å². The third-order valence-corrected chi connectivity index (χ3v) is 12.4. The number of H-pyrrole nitrogens is 1. The number of nitrogens with one attached hydrogen (secondary N) is 1. The minimum absolute atomic E-state index is 0.315. The lowest BCUT2D eigenvalue weighted by Crippen LogP contribution is -2.68. The van der Waals surface area contributed by atoms with Gasteiger partial charge >= 0.3 is 5.97 Å². The molecule has 9 heteroatoms. The maximum absolute atomic E-state index is 12.7. The molecule has 2 aromatic heterocycles. The number of rotatable bonds is 11. The molecule has 4 fully saturated rings. The monoisotopic (exact) mass is 725 g/mol. The molecule has 4 aliphatic rings. The van der Waals surface area contributed by atoms with Crippen LogP contribution in [0.3, 0.4) is 0 Å². The van der Waals surface area contributed by atoms with Crippen molar-refractivity contribution in [3.05, 3.63) is 113 Å². The Morgan fingerprint density at radius 1 is 0.944 bits per heavy atom. The molecule has 1 spiro atoms. The Hall–Kier alpha value is -4.86. The second kappa shape index (κ2) is 14.1. The van der Waals surface area contributed by atoms with Gasteiger partial charge < -0.3 is 24.1 Å². The van der Waals surface area contributed by atoms with Crippen molar-refractivity contribution in [3.8, 4) is 17.2 Å². The van der Waals surface area contributed by atoms with Crippen LogP contribution >= 0.6 is 0 Å². The number of carbonyl (C=O) groups is 1. The molecule has 1 N–H and O–H groups in total. The van der Waals surface area contributed by atoms with Crippen molar-refractivity contribution >= 4 is 22.7 Å². The standard InChI is InChI=1S/C45H51N5O4/c1-29(2)36-7-5-6-8-38(36)40-26-48(25-30-9-13-37(31-10-11-31)41(19-30)52-3)17-18-50(40)34-22-45(23-34)27-49(28-45)33-12-14-39(44(51)53-4)42(21-33)54-35-20-32-15-16-46-43(32)47-24-35/h5-9,12-16,19-21,24,29,31,34,40H,10-11,17-18,22-23,25-28H2,1-4H3,(H,46,47)/t40-/m0/s1. The first kappa shape index (κ1) is 34.9. The van der Waals surface area contributed by atoms with Crippen LogP contribution in [0.25, 0.3) is 11.0 Å². The summed E-state index contributed by atoms with van der Waals surface area (Å²) in [5.74, 6) is 2.83. The van der Waals surface area contributed by atoms with Gasteiger partial charge in [-0.15, -0.1) is 0 Å². The molecular weight excluding hydrogens is 675 g/mol. The molecule has 2 aliphatic heterocycles. The number of carbonyl (C=O) groups excluding carboxylic acids is 1. The molecule has 280 valence electrons. The van der Waals surface area contributed by atoms with E-state index < -0.39 is 5.97 Å². The molecule has 0 bridgehead atoms. The fourth-order valence-electron chi connectivity index (χ4n) is 9.45. The number of aromatic nitrogens is 2. The molecule has 2 saturated heterocycles. The van der Waals surface area contributed by atoms with Gasteiger partial charge in [0.2, 0.25) is 0 Å². The second-order valence-electron chi connectivity index (χ2n) is 16.4. The van der Waals surface area contributed by atoms with E-state index in [9.17, 15) is 4.79 Å². The molecule has 2 saturated carbocycles. The van der Waals surface area contributed by atoms with Crippen molar-refractivity contribution in [1.29, 1.82) is 0 Å². The Bertz CT molecular complexity index is 2160. The third kappa shape index (κ3) is 6.62. The van der Waals surface area contributed by atoms with Gasteiger partial charge in [-0.25, -0.2) is 9.78 Å². The van der Waals surface area contributed by atoms with Crippen LogP contribution in [-0.4, -0.2) is 78.7 Å². The van der Waals surface area contributed by atoms with Crippen molar-refractivity contribution in [2.24, 2.45) is 5.41 Å². The average Bonchev–Trinajstić information content (AvgIpc) is 3.90. The van der Waals surface area contributed by atoms with Crippen molar-refractivity contribution in [2.75, 3.05) is 51.8 Å². The van der Waals surface area contributed by atoms with Gasteiger partial charge in [0.1, 0.15) is 28.5 Å². The van der Waals surface area contributed by atoms with Gasteiger partial charge in [0.25, 0.3) is 0 Å². The van der Waals surface area contributed by atoms with Crippen LogP contribution in [0.5, 0.6) is 17.2 Å². The van der Waals surface area contributed by atoms with E-state index in [1.54, 1.807) is 6.20 Å². The molecule has 0 unspecified atom stereocenters. The first-order valence-corrected chi connectivity index (χ1v) is 19.6. The van der Waals surface area contributed by atoms with Crippen LogP contribution < -0.4 is 14.4 Å². The molecule has 3 aromatic carbocycles. The van der Waals surface area contributed by atoms with E-state index in [1.807, 2.05) is 43.6 Å². The number of piperazine rings is 1. The molecule has 4 heterocycles. The third-order valence-electron chi connectivity index (χ3n) is 12.4. The predicted molar refractivity (Wildman–Crippen MR) is 212 cm³/mol. The number of methoxy groups -OCH3 is 2. The zero-order valence-corrected chi connectivity index (χ0v) is 31.9. The van der Waals surface area contributed by atoms with Crippen molar-refractivity contribution < 1.29 is 19.0 Å². The lowest BCUT2D eigenvalue weighted by Gasteiger charge is -2.63. The number of aromatic amines is 1. The number of pyridine rings is 1. The maximum Gasteiger partial charge on any atom is 0.341 e. The zero-order valence-electron chi connectivity index (χ0n) is 31.9. The molecule has 2 aliphatic carbocycles. The van der Waals surface area contributed by atoms with Gasteiger partial charge in [-0.2, -0.15) is 0 Å². The number of anilines is 1. The summed E-state index contributed by atoms with van der Waals surface area (Å²) >= 11 is 0. The molecule has 0 radical (unpaired) electrons. The normalized spacial score (nSPS) is 20.2. The minimum atomic E-state index is -0.422. The number of nitrogens with zero attached hydrogens (tertiary/aromatic N) is 4. The summed E-state index contributed by atoms with van der Waals surface area (Å²) < 4.78 is 17.2. The van der Waals surface area contributed by atoms with Crippen LogP contribution in [0.2, 0.25) is 0 Å². The van der Waals surface area contributed by atoms with Crippen molar-refractivity contribution in [2.45, 2.75) is 70.0 Å². The van der Waals surface area contributed by atoms with Gasteiger partial charge in [0, 0.05) is 80.1 Å². The number of ether oxygens (including phenoxy) is 3. The van der Waals surface area contributed by atoms with Gasteiger partial charge in [0.15, 0.2) is 0 Å². The van der Waals surface area contributed by atoms with E-state index in [2.05, 4.69) is 81.0 Å². The van der Waals surface area contributed by atoms with E-state index in [-0.39, 0.29) is 0 Å². The lowest BCUT2D eigenvalue weighted by molar-refractivity contribution is -0.0647. The van der Waals surface area contributed by atoms with E-state index in [1.165, 1.54) is 55.0 Å². The fraction of sp³-hybridized carbons (Fsp3) is 0.422. The Labute approximate surface area is 318 Å². The summed E-state index contributed by atoms with van der Waals surface area (Å²) in [5.41, 5.74) is 8.22. The molecule has 9 nitrogen and oxygen atoms in total. The predicted octanol–water partition coefficient (Wildman–Crippen LogP) is 8.68. The van der Waals surface area contributed by atoms with E-state index >= 15 is 0 Å². The Morgan fingerprint density at radius 3 is 2.56 bits per heavy atom. The van der Waals surface area contributed by atoms with E-state index in [0.29, 0.717) is 46.4 Å². The number of esters is 1. The Morgan fingerprint density at radius 2 is 1.78 bits per heavy atom. The highest BCUT2D eigenvalue weighted by Crippen LogP contribution is 2.54. The molecule has 9 rings (SSSR count). The van der Waals surface area contributed by atoms with Crippen LogP contribution in [0.15, 0.2) is 85.2 Å². The first-order chi connectivity index (χ1) is 26.3. The summed E-state index contributed by atoms with van der Waals surface area (Å²) in [4.78, 5) is 28.2. The fourth-order valence-corrected chi connectivity index (χ4v) is 9.45. The summed E-state index contributed by atoms with van der Waals surface area (Å²) in [7, 11) is 3.21. The topological polar surface area (TPSA) is 83.2 Å². The van der Waals surface area contributed by atoms with Gasteiger partial charge in [-0.3, -0.25) is 9.80 Å². The second-order valence-corrected chi connectivity index (χ2v) is 16.4. The summed E-state index contributed by atoms with van der Waals surface area (Å²) in [6.45, 7) is 10.7. The van der Waals surface area contributed by atoms with Gasteiger partial charge in [-0.1, -0.05) is 50.2 Å². The van der Waals surface area contributed by atoms with Crippen LogP contribution in [0.1, 0.15) is 90.0 Å². The Balaban J connectivity index is 0.895. The molecule has 54 heavy (non-hydrogen) atoms. The smallest absolute Gasteiger partial charge is 0.341 e. The Kier molecular flexibility index (Phi) is 9.10. The SMILES string of the molecule is COC(=O)c1ccc(N2CC3(CC(N4CCN(Cc5ccc(C6CC6)c(OC)c5)C[C@H]4c4ccccc4C(C)C)C3)C2)cc1Oc1cnc2[nH]ccc2c1. The number of fused-ring (bicyclic) bond motifs is 1. The highest BCUT2D eigenvalue weighted by atomic mass is 16.5. The van der Waals surface area contributed by atoms with Crippen LogP contribution in [0, 0.1) is 5.41 Å². The molecule has 1 atom stereocenters. The first-order valence-electron chi connectivity index (χ1n) is 19.6. The summed E-state index contributed by atoms with van der Waals surface area (Å²) in [5, 5.41) is 0.947. The molecule has 0 amide bonds. The largest absolute Gasteiger partial charge is 0.496 e. The van der Waals surface area contributed by atoms with Crippen molar-refractivity contribution in [1.82, 2.24) is 19.8 Å². The molecular formula is C45H51N5O4. The summed E-state index contributed by atoms with van der Waals surface area (Å²) in [6, 6.07) is 26.7. The highest BCUT2D eigenvalue weighted by molar-refractivity contribution is 5.93. The minimum Gasteiger partial charge on any atom is -0.496 e. The number of hydrogen-bond acceptors (Lipinski definition) is 8. The number of hydrogen-bond donors (Lipinski definition) is 1. The quantitative estimate of drug-likeness (QED) is 0.136. The van der Waals surface area contributed by atoms with Gasteiger partial charge in [0.05, 0.1) is 20.4 Å². The molecule has 5 aromatic rings. The number of benzene rings is 3. The summed E-state index contributed by atoms with van der Waals surface area (Å²) in [6.07, 6.45) is 8.49. The average molecular weight is 726 g/mol. The van der Waals surface area contributed by atoms with Crippen LogP contribution in [0.4, 0.5) is 5.69 Å².